The van der Waals surface area contributed by atoms with Crippen LogP contribution in [0, 0.1) is 17.0 Å². The Morgan fingerprint density at radius 3 is 2.78 bits per heavy atom. The number of benzene rings is 1. The summed E-state index contributed by atoms with van der Waals surface area (Å²) in [6, 6.07) is 5.08. The van der Waals surface area contributed by atoms with Crippen LogP contribution in [-0.2, 0) is 13.0 Å². The van der Waals surface area contributed by atoms with Crippen molar-refractivity contribution in [3.63, 3.8) is 0 Å². The molecule has 0 saturated heterocycles. The van der Waals surface area contributed by atoms with E-state index in [1.165, 1.54) is 6.20 Å². The first-order chi connectivity index (χ1) is 13.0. The molecule has 0 aliphatic heterocycles. The van der Waals surface area contributed by atoms with E-state index in [4.69, 9.17) is 27.6 Å². The third-order valence-electron chi connectivity index (χ3n) is 4.12. The van der Waals surface area contributed by atoms with E-state index in [2.05, 4.69) is 15.2 Å². The van der Waals surface area contributed by atoms with E-state index >= 15 is 0 Å². The summed E-state index contributed by atoms with van der Waals surface area (Å²) in [5, 5.41) is 20.0. The fourth-order valence-electron chi connectivity index (χ4n) is 2.73. The van der Waals surface area contributed by atoms with Crippen molar-refractivity contribution in [2.75, 3.05) is 0 Å². The van der Waals surface area contributed by atoms with E-state index in [0.717, 1.165) is 19.3 Å². The van der Waals surface area contributed by atoms with Gasteiger partial charge in [-0.3, -0.25) is 0 Å². The quantitative estimate of drug-likeness (QED) is 0.298. The molecule has 2 aromatic heterocycles. The molecule has 27 heavy (non-hydrogen) atoms. The third-order valence-corrected chi connectivity index (χ3v) is 4.67. The Morgan fingerprint density at radius 2 is 2.04 bits per heavy atom. The molecular formula is C17H17Cl2N5O3. The largest absolute Gasteiger partial charge is 0.421 e. The molecule has 0 bridgehead atoms. The summed E-state index contributed by atoms with van der Waals surface area (Å²) in [6.45, 7) is 2.31. The average molecular weight is 410 g/mol. The summed E-state index contributed by atoms with van der Waals surface area (Å²) in [7, 11) is 0. The maximum Gasteiger partial charge on any atom is 0.342 e. The maximum atomic E-state index is 11.0. The first kappa shape index (κ1) is 19.3. The van der Waals surface area contributed by atoms with Crippen molar-refractivity contribution in [1.29, 1.82) is 0 Å². The van der Waals surface area contributed by atoms with Crippen LogP contribution in [0.25, 0.3) is 11.5 Å². The smallest absolute Gasteiger partial charge is 0.342 e. The van der Waals surface area contributed by atoms with Crippen molar-refractivity contribution in [2.45, 2.75) is 39.2 Å². The number of nitrogens with zero attached hydrogens (tertiary/aromatic N) is 5. The number of hydrogen-bond acceptors (Lipinski definition) is 6. The van der Waals surface area contributed by atoms with Gasteiger partial charge in [-0.15, -0.1) is 10.2 Å². The average Bonchev–Trinajstić information content (AvgIpc) is 3.22. The molecule has 0 spiro atoms. The molecule has 0 radical (unpaired) electrons. The van der Waals surface area contributed by atoms with Gasteiger partial charge in [0.05, 0.1) is 17.1 Å². The number of aromatic nitrogens is 4. The molecule has 142 valence electrons. The lowest BCUT2D eigenvalue weighted by Crippen LogP contribution is -2.05. The lowest BCUT2D eigenvalue weighted by molar-refractivity contribution is -0.392. The van der Waals surface area contributed by atoms with Gasteiger partial charge >= 0.3 is 5.82 Å². The number of hydrogen-bond donors (Lipinski definition) is 0. The monoisotopic (exact) mass is 409 g/mol. The molecule has 0 unspecified atom stereocenters. The first-order valence-electron chi connectivity index (χ1n) is 8.40. The van der Waals surface area contributed by atoms with Crippen molar-refractivity contribution in [3.8, 4) is 11.5 Å². The van der Waals surface area contributed by atoms with E-state index in [9.17, 15) is 10.1 Å². The number of halogens is 2. The topological polar surface area (TPSA) is 99.9 Å². The summed E-state index contributed by atoms with van der Waals surface area (Å²) < 4.78 is 7.28. The summed E-state index contributed by atoms with van der Waals surface area (Å²) in [5.74, 6) is 1.55. The highest BCUT2D eigenvalue weighted by molar-refractivity contribution is 6.36. The Bertz CT molecular complexity index is 954. The van der Waals surface area contributed by atoms with Crippen LogP contribution in [0.4, 0.5) is 5.82 Å². The van der Waals surface area contributed by atoms with Crippen LogP contribution in [-0.4, -0.2) is 24.7 Å². The normalized spacial score (nSPS) is 11.1. The van der Waals surface area contributed by atoms with E-state index < -0.39 is 4.92 Å². The number of imidazole rings is 1. The second-order valence-corrected chi connectivity index (χ2v) is 6.85. The Labute approximate surface area is 165 Å². The predicted molar refractivity (Wildman–Crippen MR) is 101 cm³/mol. The molecular weight excluding hydrogens is 393 g/mol. The Balaban J connectivity index is 1.50. The van der Waals surface area contributed by atoms with Crippen LogP contribution in [0.1, 0.15) is 31.0 Å². The Hall–Kier alpha value is -2.45. The van der Waals surface area contributed by atoms with Crippen LogP contribution < -0.4 is 0 Å². The molecule has 8 nitrogen and oxygen atoms in total. The summed E-state index contributed by atoms with van der Waals surface area (Å²) >= 11 is 12.0. The van der Waals surface area contributed by atoms with Gasteiger partial charge in [-0.2, -0.15) is 0 Å². The molecule has 0 aliphatic carbocycles. The van der Waals surface area contributed by atoms with Crippen molar-refractivity contribution >= 4 is 29.0 Å². The summed E-state index contributed by atoms with van der Waals surface area (Å²) in [5.41, 5.74) is 0.641. The molecule has 0 atom stereocenters. The molecule has 3 aromatic rings. The van der Waals surface area contributed by atoms with Gasteiger partial charge < -0.3 is 14.5 Å². The molecule has 3 rings (SSSR count). The molecule has 0 fully saturated rings. The maximum absolute atomic E-state index is 11.0. The third kappa shape index (κ3) is 4.64. The molecule has 0 N–H and O–H groups in total. The molecule has 0 aliphatic rings. The Kier molecular flexibility index (Phi) is 6.08. The lowest BCUT2D eigenvalue weighted by atomic mass is 10.2. The minimum absolute atomic E-state index is 0.0221. The zero-order chi connectivity index (χ0) is 19.4. The van der Waals surface area contributed by atoms with E-state index in [0.29, 0.717) is 46.2 Å². The first-order valence-corrected chi connectivity index (χ1v) is 9.15. The number of rotatable bonds is 8. The van der Waals surface area contributed by atoms with Crippen molar-refractivity contribution < 1.29 is 9.34 Å². The zero-order valence-electron chi connectivity index (χ0n) is 14.6. The number of unbranched alkanes of at least 4 members (excludes halogenated alkanes) is 2. The van der Waals surface area contributed by atoms with Crippen LogP contribution in [0.15, 0.2) is 28.8 Å². The highest BCUT2D eigenvalue weighted by Gasteiger charge is 2.17. The summed E-state index contributed by atoms with van der Waals surface area (Å²) in [4.78, 5) is 14.6. The van der Waals surface area contributed by atoms with E-state index in [1.807, 2.05) is 0 Å². The van der Waals surface area contributed by atoms with Crippen LogP contribution >= 0.6 is 23.2 Å². The minimum Gasteiger partial charge on any atom is -0.421 e. The fraction of sp³-hybridized carbons (Fsp3) is 0.353. The van der Waals surface area contributed by atoms with Crippen LogP contribution in [0.5, 0.6) is 0 Å². The van der Waals surface area contributed by atoms with Crippen LogP contribution in [0.2, 0.25) is 10.0 Å². The Morgan fingerprint density at radius 1 is 1.22 bits per heavy atom. The van der Waals surface area contributed by atoms with Crippen molar-refractivity contribution in [3.05, 3.63) is 56.3 Å². The summed E-state index contributed by atoms with van der Waals surface area (Å²) in [6.07, 6.45) is 4.41. The number of aryl methyl sites for hydroxylation is 2. The predicted octanol–water partition coefficient (Wildman–Crippen LogP) is 4.87. The van der Waals surface area contributed by atoms with Gasteiger partial charge in [0, 0.05) is 18.4 Å². The molecule has 0 amide bonds. The fourth-order valence-corrected chi connectivity index (χ4v) is 3.22. The standard InChI is InChI=1S/C17H17Cl2N5O3/c1-11-20-10-16(24(25)26)23(11)8-4-2-3-5-15-21-22-17(27-15)13-7-6-12(18)9-14(13)19/h6-7,9-10H,2-5,8H2,1H3. The van der Waals surface area contributed by atoms with Gasteiger partial charge in [-0.1, -0.05) is 23.2 Å². The minimum atomic E-state index is -0.415. The van der Waals surface area contributed by atoms with Crippen molar-refractivity contribution in [2.24, 2.45) is 0 Å². The molecule has 0 saturated carbocycles. The second kappa shape index (κ2) is 8.49. The molecule has 1 aromatic carbocycles. The van der Waals surface area contributed by atoms with E-state index in [1.54, 1.807) is 29.7 Å². The molecule has 10 heteroatoms. The van der Waals surface area contributed by atoms with E-state index in [-0.39, 0.29) is 5.82 Å². The van der Waals surface area contributed by atoms with Gasteiger partial charge in [0.1, 0.15) is 6.20 Å². The van der Waals surface area contributed by atoms with Gasteiger partial charge in [-0.25, -0.2) is 9.55 Å². The SMILES string of the molecule is Cc1ncc([N+](=O)[O-])n1CCCCCc1nnc(-c2ccc(Cl)cc2Cl)o1. The molecule has 2 heterocycles. The van der Waals surface area contributed by atoms with Gasteiger partial charge in [0.15, 0.2) is 5.82 Å². The van der Waals surface area contributed by atoms with Crippen molar-refractivity contribution in [1.82, 2.24) is 19.7 Å². The van der Waals surface area contributed by atoms with Gasteiger partial charge in [0.2, 0.25) is 11.8 Å². The van der Waals surface area contributed by atoms with Crippen LogP contribution in [0.3, 0.4) is 0 Å². The second-order valence-electron chi connectivity index (χ2n) is 6.01. The van der Waals surface area contributed by atoms with Gasteiger partial charge in [-0.05, 0) is 42.4 Å². The van der Waals surface area contributed by atoms with Gasteiger partial charge in [0.25, 0.3) is 0 Å². The highest BCUT2D eigenvalue weighted by atomic mass is 35.5. The zero-order valence-corrected chi connectivity index (χ0v) is 16.1. The lowest BCUT2D eigenvalue weighted by Gasteiger charge is -2.02. The number of nitro groups is 1. The highest BCUT2D eigenvalue weighted by Crippen LogP contribution is 2.29.